The molecule has 0 saturated heterocycles. The molecule has 0 aliphatic carbocycles. The topological polar surface area (TPSA) is 128 Å². The fourth-order valence-electron chi connectivity index (χ4n) is 3.60. The molecule has 1 atom stereocenters. The molecule has 3 aromatic rings. The molecule has 0 fully saturated rings. The van der Waals surface area contributed by atoms with Gasteiger partial charge < -0.3 is 28.4 Å². The first-order chi connectivity index (χ1) is 17.2. The molecule has 0 spiro atoms. The number of methoxy groups -OCH3 is 2. The largest absolute Gasteiger partial charge is 0.609 e. The summed E-state index contributed by atoms with van der Waals surface area (Å²) in [6, 6.07) is 4.56. The van der Waals surface area contributed by atoms with Crippen molar-refractivity contribution in [2.45, 2.75) is 31.7 Å². The van der Waals surface area contributed by atoms with Crippen molar-refractivity contribution in [3.05, 3.63) is 41.2 Å². The highest BCUT2D eigenvalue weighted by molar-refractivity contribution is 7.90. The number of rotatable bonds is 9. The maximum atomic E-state index is 13.6. The number of hydrogen-bond donors (Lipinski definition) is 0. The third-order valence-corrected chi connectivity index (χ3v) is 6.70. The number of benzene rings is 1. The summed E-state index contributed by atoms with van der Waals surface area (Å²) in [7, 11) is 4.65. The van der Waals surface area contributed by atoms with E-state index >= 15 is 0 Å². The molecular formula is C24H30N4O7S. The molecule has 0 radical (unpaired) electrons. The number of fused-ring (bicyclic) bond motifs is 1. The molecule has 1 amide bonds. The molecule has 194 valence electrons. The van der Waals surface area contributed by atoms with E-state index in [4.69, 9.17) is 18.9 Å². The fraction of sp³-hybridized carbons (Fsp3) is 0.417. The molecule has 1 aromatic carbocycles. The predicted octanol–water partition coefficient (Wildman–Crippen LogP) is 3.45. The molecule has 0 aliphatic heterocycles. The molecule has 2 aromatic heterocycles. The van der Waals surface area contributed by atoms with Crippen LogP contribution in [0, 0.1) is 13.8 Å². The zero-order valence-corrected chi connectivity index (χ0v) is 22.0. The van der Waals surface area contributed by atoms with Crippen LogP contribution in [-0.4, -0.2) is 77.2 Å². The van der Waals surface area contributed by atoms with Crippen molar-refractivity contribution < 1.29 is 33.1 Å². The van der Waals surface area contributed by atoms with Crippen LogP contribution in [0.2, 0.25) is 0 Å². The number of carbonyl (C=O) groups excluding carboxylic acids is 2. The lowest BCUT2D eigenvalue weighted by molar-refractivity contribution is 0.0550. The van der Waals surface area contributed by atoms with Crippen LogP contribution in [-0.2, 0) is 26.4 Å². The number of hydrogen-bond acceptors (Lipinski definition) is 9. The smallest absolute Gasteiger partial charge is 0.508 e. The lowest BCUT2D eigenvalue weighted by Gasteiger charge is -2.19. The molecule has 3 rings (SSSR count). The Morgan fingerprint density at radius 1 is 1.17 bits per heavy atom. The zero-order valence-electron chi connectivity index (χ0n) is 21.2. The van der Waals surface area contributed by atoms with E-state index in [1.165, 1.54) is 16.6 Å². The van der Waals surface area contributed by atoms with E-state index in [-0.39, 0.29) is 30.7 Å². The van der Waals surface area contributed by atoms with Crippen molar-refractivity contribution in [2.24, 2.45) is 0 Å². The van der Waals surface area contributed by atoms with E-state index in [0.717, 1.165) is 11.1 Å². The number of aryl methyl sites for hydroxylation is 1. The van der Waals surface area contributed by atoms with Gasteiger partial charge in [-0.3, -0.25) is 4.98 Å². The summed E-state index contributed by atoms with van der Waals surface area (Å²) in [6.45, 7) is 5.62. The van der Waals surface area contributed by atoms with Gasteiger partial charge in [-0.1, -0.05) is 0 Å². The number of likely N-dealkylation sites (N-methyl/N-ethyl adjacent to an activating group) is 1. The Kier molecular flexibility index (Phi) is 8.99. The molecule has 2 heterocycles. The van der Waals surface area contributed by atoms with Crippen LogP contribution in [0.3, 0.4) is 0 Å². The molecule has 0 N–H and O–H groups in total. The molecule has 0 bridgehead atoms. The number of aromatic nitrogens is 3. The molecule has 36 heavy (non-hydrogen) atoms. The summed E-state index contributed by atoms with van der Waals surface area (Å²) >= 11 is -1.73. The highest BCUT2D eigenvalue weighted by Crippen LogP contribution is 2.29. The Morgan fingerprint density at radius 2 is 1.92 bits per heavy atom. The van der Waals surface area contributed by atoms with Crippen molar-refractivity contribution in [3.63, 3.8) is 0 Å². The Hall–Kier alpha value is -3.51. The van der Waals surface area contributed by atoms with Crippen LogP contribution in [0.1, 0.15) is 23.7 Å². The Labute approximate surface area is 212 Å². The maximum absolute atomic E-state index is 13.6. The van der Waals surface area contributed by atoms with Crippen LogP contribution in [0.5, 0.6) is 11.5 Å². The fourth-order valence-corrected chi connectivity index (χ4v) is 4.85. The molecule has 12 heteroatoms. The first kappa shape index (κ1) is 27.1. The molecular weight excluding hydrogens is 488 g/mol. The van der Waals surface area contributed by atoms with Gasteiger partial charge in [-0.25, -0.2) is 14.2 Å². The van der Waals surface area contributed by atoms with Crippen LogP contribution in [0.25, 0.3) is 11.0 Å². The Morgan fingerprint density at radius 3 is 2.58 bits per heavy atom. The van der Waals surface area contributed by atoms with E-state index in [9.17, 15) is 14.1 Å². The van der Waals surface area contributed by atoms with Crippen LogP contribution in [0.15, 0.2) is 29.6 Å². The van der Waals surface area contributed by atoms with Gasteiger partial charge in [-0.2, -0.15) is 4.98 Å². The van der Waals surface area contributed by atoms with Gasteiger partial charge in [0.2, 0.25) is 0 Å². The Bertz CT molecular complexity index is 1250. The van der Waals surface area contributed by atoms with E-state index in [2.05, 4.69) is 9.97 Å². The van der Waals surface area contributed by atoms with Crippen LogP contribution in [0.4, 0.5) is 9.59 Å². The van der Waals surface area contributed by atoms with E-state index < -0.39 is 23.4 Å². The standard InChI is InChI=1S/C24H30N4O7S/c1-7-34-24(30)35-11-10-27(4)23(29)28-20-9-8-17(32-5)12-18(20)26-22(28)36(31)14-19-16(3)21(33-6)15(2)13-25-19/h8-9,12-13H,7,10-11,14H2,1-6H3. The monoisotopic (exact) mass is 518 g/mol. The minimum atomic E-state index is -1.73. The minimum Gasteiger partial charge on any atom is -0.609 e. The molecule has 0 saturated carbocycles. The van der Waals surface area contributed by atoms with Gasteiger partial charge in [-0.05, 0) is 32.9 Å². The van der Waals surface area contributed by atoms with E-state index in [0.29, 0.717) is 28.2 Å². The number of imidazole rings is 1. The predicted molar refractivity (Wildman–Crippen MR) is 133 cm³/mol. The maximum Gasteiger partial charge on any atom is 0.508 e. The summed E-state index contributed by atoms with van der Waals surface area (Å²) in [4.78, 5) is 35.2. The van der Waals surface area contributed by atoms with Gasteiger partial charge >= 0.3 is 17.3 Å². The number of carbonyl (C=O) groups is 2. The number of amides is 1. The van der Waals surface area contributed by atoms with Gasteiger partial charge in [0.25, 0.3) is 0 Å². The van der Waals surface area contributed by atoms with E-state index in [1.807, 2.05) is 13.8 Å². The van der Waals surface area contributed by atoms with Crippen LogP contribution >= 0.6 is 0 Å². The van der Waals surface area contributed by atoms with Gasteiger partial charge in [0, 0.05) is 41.6 Å². The third kappa shape index (κ3) is 5.82. The van der Waals surface area contributed by atoms with Gasteiger partial charge in [0.1, 0.15) is 18.1 Å². The first-order valence-electron chi connectivity index (χ1n) is 11.2. The second kappa shape index (κ2) is 12.0. The lowest BCUT2D eigenvalue weighted by atomic mass is 10.1. The summed E-state index contributed by atoms with van der Waals surface area (Å²) < 4.78 is 35.3. The van der Waals surface area contributed by atoms with Gasteiger partial charge in [0.15, 0.2) is 5.75 Å². The summed E-state index contributed by atoms with van der Waals surface area (Å²) in [5.41, 5.74) is 3.14. The van der Waals surface area contributed by atoms with Crippen molar-refractivity contribution in [1.29, 1.82) is 0 Å². The highest BCUT2D eigenvalue weighted by atomic mass is 32.2. The molecule has 11 nitrogen and oxygen atoms in total. The Balaban J connectivity index is 1.94. The van der Waals surface area contributed by atoms with Gasteiger partial charge in [-0.15, -0.1) is 0 Å². The summed E-state index contributed by atoms with van der Waals surface area (Å²) in [6.07, 6.45) is 0.853. The highest BCUT2D eigenvalue weighted by Gasteiger charge is 2.30. The number of nitrogens with zero attached hydrogens (tertiary/aromatic N) is 4. The quantitative estimate of drug-likeness (QED) is 0.309. The van der Waals surface area contributed by atoms with Gasteiger partial charge in [0.05, 0.1) is 44.1 Å². The van der Waals surface area contributed by atoms with E-state index in [1.54, 1.807) is 45.5 Å². The van der Waals surface area contributed by atoms with Crippen LogP contribution < -0.4 is 9.47 Å². The second-order valence-corrected chi connectivity index (χ2v) is 9.20. The first-order valence-corrected chi connectivity index (χ1v) is 12.5. The second-order valence-electron chi connectivity index (χ2n) is 7.86. The number of ether oxygens (including phenoxy) is 4. The van der Waals surface area contributed by atoms with Crippen molar-refractivity contribution in [3.8, 4) is 11.5 Å². The normalized spacial score (nSPS) is 11.8. The number of pyridine rings is 1. The third-order valence-electron chi connectivity index (χ3n) is 5.48. The lowest BCUT2D eigenvalue weighted by Crippen LogP contribution is -2.35. The summed E-state index contributed by atoms with van der Waals surface area (Å²) in [5, 5.41) is 0.0714. The average Bonchev–Trinajstić information content (AvgIpc) is 3.24. The SMILES string of the molecule is CCOC(=O)OCCN(C)C(=O)n1c([S+]([O-])Cc2ncc(C)c(OC)c2C)nc2cc(OC)ccc21. The molecule has 1 unspecified atom stereocenters. The van der Waals surface area contributed by atoms with Crippen molar-refractivity contribution in [2.75, 3.05) is 41.0 Å². The molecule has 0 aliphatic rings. The minimum absolute atomic E-state index is 0.0336. The van der Waals surface area contributed by atoms with Crippen molar-refractivity contribution >= 4 is 34.4 Å². The summed E-state index contributed by atoms with van der Waals surface area (Å²) in [5.74, 6) is 1.26. The average molecular weight is 519 g/mol. The van der Waals surface area contributed by atoms with Crippen molar-refractivity contribution in [1.82, 2.24) is 19.4 Å². The zero-order chi connectivity index (χ0) is 26.4.